The monoisotopic (exact) mass is 332 g/mol. The van der Waals surface area contributed by atoms with E-state index in [1.54, 1.807) is 18.2 Å². The summed E-state index contributed by atoms with van der Waals surface area (Å²) in [4.78, 5) is 11.3. The molecule has 0 spiro atoms. The van der Waals surface area contributed by atoms with E-state index < -0.39 is 17.2 Å². The normalized spacial score (nSPS) is 12.0. The SMILES string of the molecule is O=C(Cl)c1ccccc1-c1nn2c(C(F)(F)F)nnc2s1. The Morgan fingerprint density at radius 2 is 1.95 bits per heavy atom. The van der Waals surface area contributed by atoms with Gasteiger partial charge in [-0.25, -0.2) is 0 Å². The number of aromatic nitrogens is 4. The minimum Gasteiger partial charge on any atom is -0.276 e. The van der Waals surface area contributed by atoms with Crippen LogP contribution >= 0.6 is 22.9 Å². The maximum atomic E-state index is 12.7. The molecule has 0 N–H and O–H groups in total. The van der Waals surface area contributed by atoms with E-state index >= 15 is 0 Å². The Kier molecular flexibility index (Phi) is 3.18. The van der Waals surface area contributed by atoms with E-state index in [-0.39, 0.29) is 15.5 Å². The molecule has 0 aliphatic rings. The number of carbonyl (C=O) groups is 1. The number of carbonyl (C=O) groups excluding carboxylic acids is 1. The predicted molar refractivity (Wildman–Crippen MR) is 69.3 cm³/mol. The van der Waals surface area contributed by atoms with Gasteiger partial charge in [0.15, 0.2) is 0 Å². The van der Waals surface area contributed by atoms with Gasteiger partial charge in [-0.1, -0.05) is 29.5 Å². The second-order valence-corrected chi connectivity index (χ2v) is 5.24. The van der Waals surface area contributed by atoms with Gasteiger partial charge in [-0.15, -0.1) is 10.2 Å². The topological polar surface area (TPSA) is 60.2 Å². The molecule has 0 atom stereocenters. The van der Waals surface area contributed by atoms with Crippen molar-refractivity contribution >= 4 is 33.1 Å². The van der Waals surface area contributed by atoms with Crippen LogP contribution in [0.2, 0.25) is 0 Å². The maximum absolute atomic E-state index is 12.7. The lowest BCUT2D eigenvalue weighted by Gasteiger charge is -2.02. The van der Waals surface area contributed by atoms with Crippen LogP contribution < -0.4 is 0 Å². The molecule has 0 aliphatic carbocycles. The highest BCUT2D eigenvalue weighted by Gasteiger charge is 2.38. The molecule has 0 unspecified atom stereocenters. The summed E-state index contributed by atoms with van der Waals surface area (Å²) in [5.74, 6) is -1.21. The molecule has 5 nitrogen and oxygen atoms in total. The van der Waals surface area contributed by atoms with E-state index in [0.29, 0.717) is 10.1 Å². The highest BCUT2D eigenvalue weighted by atomic mass is 35.5. The molecule has 10 heteroatoms. The number of fused-ring (bicyclic) bond motifs is 1. The highest BCUT2D eigenvalue weighted by Crippen LogP contribution is 2.33. The van der Waals surface area contributed by atoms with Crippen molar-refractivity contribution in [3.8, 4) is 10.6 Å². The summed E-state index contributed by atoms with van der Waals surface area (Å²) in [5.41, 5.74) is 0.513. The van der Waals surface area contributed by atoms with E-state index in [9.17, 15) is 18.0 Å². The zero-order chi connectivity index (χ0) is 15.2. The van der Waals surface area contributed by atoms with Crippen LogP contribution in [-0.4, -0.2) is 25.1 Å². The van der Waals surface area contributed by atoms with E-state index in [1.165, 1.54) is 6.07 Å². The third-order valence-corrected chi connectivity index (χ3v) is 3.75. The molecule has 0 saturated heterocycles. The Bertz CT molecular complexity index is 841. The number of hydrogen-bond donors (Lipinski definition) is 0. The van der Waals surface area contributed by atoms with Gasteiger partial charge in [0.2, 0.25) is 4.96 Å². The van der Waals surface area contributed by atoms with Crippen molar-refractivity contribution in [3.63, 3.8) is 0 Å². The molecule has 21 heavy (non-hydrogen) atoms. The molecule has 3 aromatic rings. The second kappa shape index (κ2) is 4.78. The fourth-order valence-corrected chi connectivity index (χ4v) is 2.79. The largest absolute Gasteiger partial charge is 0.453 e. The fraction of sp³-hybridized carbons (Fsp3) is 0.0909. The van der Waals surface area contributed by atoms with Crippen LogP contribution in [0, 0.1) is 0 Å². The first-order valence-electron chi connectivity index (χ1n) is 5.46. The summed E-state index contributed by atoms with van der Waals surface area (Å²) < 4.78 is 38.8. The highest BCUT2D eigenvalue weighted by molar-refractivity contribution is 7.19. The van der Waals surface area contributed by atoms with Gasteiger partial charge < -0.3 is 0 Å². The summed E-state index contributed by atoms with van der Waals surface area (Å²) in [6, 6.07) is 6.25. The Hall–Kier alpha value is -2.00. The number of rotatable bonds is 2. The van der Waals surface area contributed by atoms with Crippen molar-refractivity contribution in [1.29, 1.82) is 0 Å². The van der Waals surface area contributed by atoms with Crippen LogP contribution in [0.1, 0.15) is 16.2 Å². The molecule has 0 bridgehead atoms. The van der Waals surface area contributed by atoms with Gasteiger partial charge in [-0.2, -0.15) is 22.8 Å². The zero-order valence-corrected chi connectivity index (χ0v) is 11.5. The van der Waals surface area contributed by atoms with Gasteiger partial charge in [-0.3, -0.25) is 4.79 Å². The summed E-state index contributed by atoms with van der Waals surface area (Å²) >= 11 is 6.34. The zero-order valence-electron chi connectivity index (χ0n) is 9.93. The number of hydrogen-bond acceptors (Lipinski definition) is 5. The summed E-state index contributed by atoms with van der Waals surface area (Å²) in [7, 11) is 0. The molecule has 3 rings (SSSR count). The summed E-state index contributed by atoms with van der Waals surface area (Å²) in [6.07, 6.45) is -4.66. The number of halogens is 4. The minimum atomic E-state index is -4.66. The van der Waals surface area contributed by atoms with Gasteiger partial charge >= 0.3 is 6.18 Å². The van der Waals surface area contributed by atoms with Gasteiger partial charge in [-0.05, 0) is 17.7 Å². The molecule has 0 radical (unpaired) electrons. The van der Waals surface area contributed by atoms with Crippen LogP contribution in [0.15, 0.2) is 24.3 Å². The first-order chi connectivity index (χ1) is 9.88. The molecule has 108 valence electrons. The Balaban J connectivity index is 2.19. The van der Waals surface area contributed by atoms with Crippen LogP contribution in [0.5, 0.6) is 0 Å². The Labute approximate surface area is 124 Å². The first-order valence-corrected chi connectivity index (χ1v) is 6.66. The standard InChI is InChI=1S/C11H4ClF3N4OS/c12-7(20)5-3-1-2-4-6(5)8-18-19-9(11(13,14)15)16-17-10(19)21-8/h1-4H. The fourth-order valence-electron chi connectivity index (χ4n) is 1.74. The quantitative estimate of drug-likeness (QED) is 0.676. The van der Waals surface area contributed by atoms with Gasteiger partial charge in [0.05, 0.1) is 0 Å². The third-order valence-electron chi connectivity index (χ3n) is 2.61. The average molecular weight is 333 g/mol. The first kappa shape index (κ1) is 14.0. The molecule has 2 aromatic heterocycles. The van der Waals surface area contributed by atoms with Gasteiger partial charge in [0.1, 0.15) is 5.01 Å². The molecule has 1 aromatic carbocycles. The number of alkyl halides is 3. The Morgan fingerprint density at radius 3 is 2.62 bits per heavy atom. The van der Waals surface area contributed by atoms with Crippen LogP contribution in [-0.2, 0) is 6.18 Å². The Morgan fingerprint density at radius 1 is 1.24 bits per heavy atom. The molecule has 0 amide bonds. The van der Waals surface area contributed by atoms with Gasteiger partial charge in [0.25, 0.3) is 11.1 Å². The summed E-state index contributed by atoms with van der Waals surface area (Å²) in [5, 5.41) is 9.82. The molecule has 2 heterocycles. The van der Waals surface area contributed by atoms with E-state index in [1.807, 2.05) is 0 Å². The smallest absolute Gasteiger partial charge is 0.276 e. The lowest BCUT2D eigenvalue weighted by atomic mass is 10.1. The van der Waals surface area contributed by atoms with Crippen molar-refractivity contribution in [3.05, 3.63) is 35.7 Å². The average Bonchev–Trinajstić information content (AvgIpc) is 2.96. The minimum absolute atomic E-state index is 0.0193. The predicted octanol–water partition coefficient (Wildman–Crippen LogP) is 3.25. The van der Waals surface area contributed by atoms with Crippen LogP contribution in [0.25, 0.3) is 15.5 Å². The van der Waals surface area contributed by atoms with Crippen molar-refractivity contribution in [2.75, 3.05) is 0 Å². The lowest BCUT2D eigenvalue weighted by molar-refractivity contribution is -0.146. The second-order valence-electron chi connectivity index (χ2n) is 3.94. The van der Waals surface area contributed by atoms with E-state index in [0.717, 1.165) is 11.3 Å². The lowest BCUT2D eigenvalue weighted by Crippen LogP contribution is -2.11. The third kappa shape index (κ3) is 2.38. The maximum Gasteiger partial charge on any atom is 0.453 e. The van der Waals surface area contributed by atoms with Crippen molar-refractivity contribution in [1.82, 2.24) is 19.8 Å². The van der Waals surface area contributed by atoms with Crippen molar-refractivity contribution < 1.29 is 18.0 Å². The van der Waals surface area contributed by atoms with Crippen molar-refractivity contribution in [2.24, 2.45) is 0 Å². The number of benzene rings is 1. The van der Waals surface area contributed by atoms with Gasteiger partial charge in [0, 0.05) is 11.1 Å². The number of nitrogens with zero attached hydrogens (tertiary/aromatic N) is 4. The van der Waals surface area contributed by atoms with Crippen LogP contribution in [0.4, 0.5) is 13.2 Å². The van der Waals surface area contributed by atoms with Crippen LogP contribution in [0.3, 0.4) is 0 Å². The molecular formula is C11H4ClF3N4OS. The van der Waals surface area contributed by atoms with E-state index in [4.69, 9.17) is 11.6 Å². The molecular weight excluding hydrogens is 329 g/mol. The molecule has 0 fully saturated rings. The molecule has 0 saturated carbocycles. The summed E-state index contributed by atoms with van der Waals surface area (Å²) in [6.45, 7) is 0. The van der Waals surface area contributed by atoms with Crippen molar-refractivity contribution in [2.45, 2.75) is 6.18 Å². The molecule has 0 aliphatic heterocycles. The van der Waals surface area contributed by atoms with E-state index in [2.05, 4.69) is 15.3 Å².